The van der Waals surface area contributed by atoms with E-state index in [9.17, 15) is 18.4 Å². The molecule has 3 rings (SSSR count). The van der Waals surface area contributed by atoms with E-state index in [-0.39, 0.29) is 33.9 Å². The number of anilines is 1. The molecule has 26 heavy (non-hydrogen) atoms. The van der Waals surface area contributed by atoms with E-state index in [1.54, 1.807) is 0 Å². The van der Waals surface area contributed by atoms with Crippen molar-refractivity contribution in [1.29, 1.82) is 0 Å². The summed E-state index contributed by atoms with van der Waals surface area (Å²) in [5.41, 5.74) is -0.0818. The Balaban J connectivity index is 2.03. The van der Waals surface area contributed by atoms with Gasteiger partial charge in [0.05, 0.1) is 15.6 Å². The van der Waals surface area contributed by atoms with E-state index in [1.807, 2.05) is 0 Å². The van der Waals surface area contributed by atoms with Gasteiger partial charge in [-0.15, -0.1) is 0 Å². The fraction of sp³-hybridized carbons (Fsp3) is 0.222. The van der Waals surface area contributed by atoms with Crippen LogP contribution in [0.4, 0.5) is 14.5 Å². The van der Waals surface area contributed by atoms with Crippen molar-refractivity contribution in [3.05, 3.63) is 63.6 Å². The number of carbonyl (C=O) groups excluding carboxylic acids is 2. The van der Waals surface area contributed by atoms with Crippen LogP contribution in [0.1, 0.15) is 23.2 Å². The van der Waals surface area contributed by atoms with Gasteiger partial charge in [0.15, 0.2) is 0 Å². The number of likely N-dealkylation sites (tertiary alicyclic amines) is 1. The molecule has 0 aromatic heterocycles. The second-order valence-corrected chi connectivity index (χ2v) is 6.64. The summed E-state index contributed by atoms with van der Waals surface area (Å²) in [4.78, 5) is 27.6. The number of hydrogen-bond acceptors (Lipinski definition) is 2. The molecule has 2 aromatic carbocycles. The van der Waals surface area contributed by atoms with Crippen molar-refractivity contribution in [2.75, 3.05) is 18.1 Å². The normalized spacial score (nSPS) is 14.0. The molecule has 0 atom stereocenters. The van der Waals surface area contributed by atoms with Crippen molar-refractivity contribution >= 4 is 40.7 Å². The SMILES string of the molecule is O=C1CCCN1CN(C(=O)c1c(F)cccc1Cl)c1ccc(F)c(Cl)c1. The zero-order chi connectivity index (χ0) is 18.8. The average molecular weight is 399 g/mol. The molecule has 1 fully saturated rings. The van der Waals surface area contributed by atoms with Crippen LogP contribution >= 0.6 is 23.2 Å². The number of halogens is 4. The third-order valence-corrected chi connectivity index (χ3v) is 4.72. The molecule has 0 saturated carbocycles. The van der Waals surface area contributed by atoms with E-state index in [0.29, 0.717) is 19.4 Å². The van der Waals surface area contributed by atoms with E-state index in [0.717, 1.165) is 12.1 Å². The lowest BCUT2D eigenvalue weighted by atomic mass is 10.1. The van der Waals surface area contributed by atoms with Crippen LogP contribution in [0.3, 0.4) is 0 Å². The van der Waals surface area contributed by atoms with Crippen LogP contribution in [0, 0.1) is 11.6 Å². The average Bonchev–Trinajstić information content (AvgIpc) is 3.00. The van der Waals surface area contributed by atoms with E-state index in [4.69, 9.17) is 23.2 Å². The highest BCUT2D eigenvalue weighted by Crippen LogP contribution is 2.28. The molecule has 0 bridgehead atoms. The number of benzene rings is 2. The van der Waals surface area contributed by atoms with Crippen LogP contribution in [0.15, 0.2) is 36.4 Å². The van der Waals surface area contributed by atoms with E-state index >= 15 is 0 Å². The lowest BCUT2D eigenvalue weighted by Gasteiger charge is -2.28. The first-order valence-corrected chi connectivity index (χ1v) is 8.63. The second-order valence-electron chi connectivity index (χ2n) is 5.83. The van der Waals surface area contributed by atoms with Gasteiger partial charge in [0.2, 0.25) is 5.91 Å². The molecule has 0 unspecified atom stereocenters. The summed E-state index contributed by atoms with van der Waals surface area (Å²) in [7, 11) is 0. The highest BCUT2D eigenvalue weighted by Gasteiger charge is 2.29. The summed E-state index contributed by atoms with van der Waals surface area (Å²) >= 11 is 11.8. The van der Waals surface area contributed by atoms with Gasteiger partial charge < -0.3 is 4.90 Å². The summed E-state index contributed by atoms with van der Waals surface area (Å²) in [5.74, 6) is -2.29. The van der Waals surface area contributed by atoms with Crippen LogP contribution in [-0.2, 0) is 4.79 Å². The van der Waals surface area contributed by atoms with Gasteiger partial charge in [0.1, 0.15) is 18.3 Å². The maximum atomic E-state index is 14.2. The Kier molecular flexibility index (Phi) is 5.44. The minimum atomic E-state index is -0.784. The second kappa shape index (κ2) is 7.60. The lowest BCUT2D eigenvalue weighted by molar-refractivity contribution is -0.127. The fourth-order valence-electron chi connectivity index (χ4n) is 2.78. The third kappa shape index (κ3) is 3.66. The number of rotatable bonds is 4. The first-order valence-electron chi connectivity index (χ1n) is 7.87. The van der Waals surface area contributed by atoms with Gasteiger partial charge in [-0.1, -0.05) is 29.3 Å². The quantitative estimate of drug-likeness (QED) is 0.760. The van der Waals surface area contributed by atoms with Crippen molar-refractivity contribution in [2.45, 2.75) is 12.8 Å². The Hall–Kier alpha value is -2.18. The Bertz CT molecular complexity index is 856. The summed E-state index contributed by atoms with van der Waals surface area (Å²) in [5, 5.41) is -0.242. The van der Waals surface area contributed by atoms with Crippen molar-refractivity contribution in [3.8, 4) is 0 Å². The van der Waals surface area contributed by atoms with Crippen LogP contribution in [0.25, 0.3) is 0 Å². The standard InChI is InChI=1S/C18H14Cl2F2N2O2/c19-12-3-1-4-15(22)17(12)18(26)24(10-23-8-2-5-16(23)25)11-6-7-14(21)13(20)9-11/h1,3-4,6-7,9H,2,5,8,10H2. The van der Waals surface area contributed by atoms with E-state index < -0.39 is 17.5 Å². The minimum absolute atomic E-state index is 0.0547. The molecular formula is C18H14Cl2F2N2O2. The maximum Gasteiger partial charge on any atom is 0.264 e. The zero-order valence-electron chi connectivity index (χ0n) is 13.5. The topological polar surface area (TPSA) is 40.6 Å². The van der Waals surface area contributed by atoms with Crippen LogP contribution < -0.4 is 4.90 Å². The Morgan fingerprint density at radius 2 is 1.88 bits per heavy atom. The Morgan fingerprint density at radius 1 is 1.12 bits per heavy atom. The Labute approximate surface area is 158 Å². The smallest absolute Gasteiger partial charge is 0.264 e. The van der Waals surface area contributed by atoms with Gasteiger partial charge in [-0.25, -0.2) is 8.78 Å². The number of hydrogen-bond donors (Lipinski definition) is 0. The molecular weight excluding hydrogens is 385 g/mol. The van der Waals surface area contributed by atoms with Crippen LogP contribution in [0.5, 0.6) is 0 Å². The highest BCUT2D eigenvalue weighted by molar-refractivity contribution is 6.34. The van der Waals surface area contributed by atoms with Crippen molar-refractivity contribution in [1.82, 2.24) is 4.90 Å². The summed E-state index contributed by atoms with van der Waals surface area (Å²) in [6.07, 6.45) is 1.05. The van der Waals surface area contributed by atoms with Gasteiger partial charge in [-0.2, -0.15) is 0 Å². The molecule has 136 valence electrons. The van der Waals surface area contributed by atoms with Gasteiger partial charge in [-0.05, 0) is 36.8 Å². The molecule has 0 N–H and O–H groups in total. The molecule has 1 aliphatic heterocycles. The molecule has 4 nitrogen and oxygen atoms in total. The molecule has 1 heterocycles. The number of carbonyl (C=O) groups is 2. The van der Waals surface area contributed by atoms with Crippen LogP contribution in [0.2, 0.25) is 10.0 Å². The predicted molar refractivity (Wildman–Crippen MR) is 95.4 cm³/mol. The van der Waals surface area contributed by atoms with Crippen molar-refractivity contribution in [3.63, 3.8) is 0 Å². The fourth-order valence-corrected chi connectivity index (χ4v) is 3.20. The van der Waals surface area contributed by atoms with E-state index in [2.05, 4.69) is 0 Å². The number of amides is 2. The van der Waals surface area contributed by atoms with Gasteiger partial charge in [0.25, 0.3) is 5.91 Å². The van der Waals surface area contributed by atoms with Crippen LogP contribution in [-0.4, -0.2) is 29.9 Å². The third-order valence-electron chi connectivity index (χ3n) is 4.12. The molecule has 0 aliphatic carbocycles. The van der Waals surface area contributed by atoms with Crippen molar-refractivity contribution < 1.29 is 18.4 Å². The first-order chi connectivity index (χ1) is 12.4. The maximum absolute atomic E-state index is 14.2. The summed E-state index contributed by atoms with van der Waals surface area (Å²) in [6.45, 7) is 0.368. The summed E-state index contributed by atoms with van der Waals surface area (Å²) < 4.78 is 27.7. The molecule has 1 saturated heterocycles. The number of nitrogens with zero attached hydrogens (tertiary/aromatic N) is 2. The molecule has 8 heteroatoms. The minimum Gasteiger partial charge on any atom is -0.324 e. The largest absolute Gasteiger partial charge is 0.324 e. The zero-order valence-corrected chi connectivity index (χ0v) is 15.0. The molecule has 2 aromatic rings. The Morgan fingerprint density at radius 3 is 2.50 bits per heavy atom. The molecule has 1 aliphatic rings. The predicted octanol–water partition coefficient (Wildman–Crippen LogP) is 4.50. The first kappa shape index (κ1) is 18.6. The lowest BCUT2D eigenvalue weighted by Crippen LogP contribution is -2.42. The monoisotopic (exact) mass is 398 g/mol. The van der Waals surface area contributed by atoms with Gasteiger partial charge >= 0.3 is 0 Å². The summed E-state index contributed by atoms with van der Waals surface area (Å²) in [6, 6.07) is 7.60. The molecule has 0 radical (unpaired) electrons. The highest BCUT2D eigenvalue weighted by atomic mass is 35.5. The van der Waals surface area contributed by atoms with E-state index in [1.165, 1.54) is 34.1 Å². The van der Waals surface area contributed by atoms with Gasteiger partial charge in [0, 0.05) is 18.7 Å². The molecule has 0 spiro atoms. The van der Waals surface area contributed by atoms with Gasteiger partial charge in [-0.3, -0.25) is 14.5 Å². The van der Waals surface area contributed by atoms with Crippen molar-refractivity contribution in [2.24, 2.45) is 0 Å². The molecule has 2 amide bonds.